The lowest BCUT2D eigenvalue weighted by molar-refractivity contribution is -0.146. The first-order valence-electron chi connectivity index (χ1n) is 7.70. The van der Waals surface area contributed by atoms with E-state index in [9.17, 15) is 18.0 Å². The summed E-state index contributed by atoms with van der Waals surface area (Å²) in [5.41, 5.74) is 0. The van der Waals surface area contributed by atoms with Gasteiger partial charge in [-0.3, -0.25) is 0 Å². The number of rotatable bonds is 2. The fourth-order valence-corrected chi connectivity index (χ4v) is 3.21. The average molecular weight is 307 g/mol. The van der Waals surface area contributed by atoms with Crippen LogP contribution in [0.15, 0.2) is 0 Å². The molecule has 122 valence electrons. The van der Waals surface area contributed by atoms with Gasteiger partial charge in [-0.25, -0.2) is 4.79 Å². The van der Waals surface area contributed by atoms with Crippen molar-refractivity contribution in [2.24, 2.45) is 5.92 Å². The first-order chi connectivity index (χ1) is 9.87. The van der Waals surface area contributed by atoms with Crippen LogP contribution in [0.1, 0.15) is 32.6 Å². The summed E-state index contributed by atoms with van der Waals surface area (Å²) in [7, 11) is 0. The lowest BCUT2D eigenvalue weighted by Gasteiger charge is -2.40. The Bertz CT molecular complexity index is 356. The van der Waals surface area contributed by atoms with Crippen LogP contribution in [0.5, 0.6) is 0 Å². The van der Waals surface area contributed by atoms with Crippen LogP contribution in [-0.4, -0.2) is 60.8 Å². The molecule has 21 heavy (non-hydrogen) atoms. The maximum Gasteiger partial charge on any atom is 0.406 e. The maximum absolute atomic E-state index is 12.8. The Morgan fingerprint density at radius 1 is 1.29 bits per heavy atom. The van der Waals surface area contributed by atoms with Gasteiger partial charge >= 0.3 is 12.2 Å². The molecule has 1 N–H and O–H groups in total. The summed E-state index contributed by atoms with van der Waals surface area (Å²) in [5.74, 6) is 0.364. The number of nitrogens with zero attached hydrogens (tertiary/aromatic N) is 2. The van der Waals surface area contributed by atoms with Gasteiger partial charge in [-0.2, -0.15) is 13.2 Å². The molecule has 1 atom stereocenters. The minimum Gasteiger partial charge on any atom is -0.324 e. The lowest BCUT2D eigenvalue weighted by Crippen LogP contribution is -2.55. The minimum absolute atomic E-state index is 0.308. The van der Waals surface area contributed by atoms with E-state index in [1.54, 1.807) is 4.90 Å². The highest BCUT2D eigenvalue weighted by Gasteiger charge is 2.39. The Kier molecular flexibility index (Phi) is 5.35. The zero-order valence-corrected chi connectivity index (χ0v) is 12.5. The van der Waals surface area contributed by atoms with E-state index < -0.39 is 18.8 Å². The van der Waals surface area contributed by atoms with Crippen molar-refractivity contribution in [2.75, 3.05) is 32.7 Å². The van der Waals surface area contributed by atoms with Crippen molar-refractivity contribution in [3.8, 4) is 0 Å². The van der Waals surface area contributed by atoms with Gasteiger partial charge in [-0.15, -0.1) is 0 Å². The molecular weight excluding hydrogens is 283 g/mol. The van der Waals surface area contributed by atoms with Gasteiger partial charge in [-0.05, 0) is 44.7 Å². The number of piperidine rings is 2. The molecule has 2 aliphatic rings. The monoisotopic (exact) mass is 307 g/mol. The van der Waals surface area contributed by atoms with Crippen molar-refractivity contribution in [3.05, 3.63) is 0 Å². The molecule has 0 aromatic rings. The predicted octanol–water partition coefficient (Wildman–Crippen LogP) is 2.45. The fourth-order valence-electron chi connectivity index (χ4n) is 3.21. The Morgan fingerprint density at radius 3 is 2.52 bits per heavy atom. The average Bonchev–Trinajstić information content (AvgIpc) is 2.44. The van der Waals surface area contributed by atoms with E-state index in [2.05, 4.69) is 5.32 Å². The zero-order valence-electron chi connectivity index (χ0n) is 12.5. The molecule has 2 fully saturated rings. The van der Waals surface area contributed by atoms with Gasteiger partial charge in [0.25, 0.3) is 0 Å². The number of likely N-dealkylation sites (tertiary alicyclic amines) is 1. The van der Waals surface area contributed by atoms with Crippen LogP contribution in [-0.2, 0) is 0 Å². The molecule has 2 saturated heterocycles. The highest BCUT2D eigenvalue weighted by Crippen LogP contribution is 2.24. The second-order valence-electron chi connectivity index (χ2n) is 6.20. The first kappa shape index (κ1) is 16.4. The number of nitrogens with one attached hydrogen (secondary N) is 1. The lowest BCUT2D eigenvalue weighted by atomic mass is 10.00. The Hall–Kier alpha value is -0.980. The molecule has 2 amide bonds. The van der Waals surface area contributed by atoms with Gasteiger partial charge in [0.15, 0.2) is 0 Å². The third kappa shape index (κ3) is 4.76. The fraction of sp³-hybridized carbons (Fsp3) is 0.929. The van der Waals surface area contributed by atoms with E-state index in [1.165, 1.54) is 0 Å². The van der Waals surface area contributed by atoms with Gasteiger partial charge in [-0.1, -0.05) is 6.92 Å². The van der Waals surface area contributed by atoms with E-state index >= 15 is 0 Å². The summed E-state index contributed by atoms with van der Waals surface area (Å²) >= 11 is 0. The zero-order chi connectivity index (χ0) is 15.5. The van der Waals surface area contributed by atoms with Gasteiger partial charge in [0.1, 0.15) is 6.54 Å². The Balaban J connectivity index is 2.07. The molecule has 2 rings (SSSR count). The summed E-state index contributed by atoms with van der Waals surface area (Å²) in [4.78, 5) is 15.2. The molecule has 1 unspecified atom stereocenters. The standard InChI is InChI=1S/C14H24F3N3O/c1-11-3-2-8-19(9-11)13(21)20(10-14(15,16)17)12-4-6-18-7-5-12/h11-12,18H,2-10H2,1H3. The molecule has 2 heterocycles. The van der Waals surface area contributed by atoms with Crippen LogP contribution in [0.4, 0.5) is 18.0 Å². The number of urea groups is 1. The topological polar surface area (TPSA) is 35.6 Å². The molecule has 4 nitrogen and oxygen atoms in total. The van der Waals surface area contributed by atoms with Gasteiger partial charge in [0, 0.05) is 19.1 Å². The number of halogens is 3. The number of carbonyl (C=O) groups excluding carboxylic acids is 1. The van der Waals surface area contributed by atoms with Crippen molar-refractivity contribution < 1.29 is 18.0 Å². The second-order valence-corrected chi connectivity index (χ2v) is 6.20. The first-order valence-corrected chi connectivity index (χ1v) is 7.70. The van der Waals surface area contributed by atoms with Crippen LogP contribution in [0.2, 0.25) is 0 Å². The number of carbonyl (C=O) groups is 1. The second kappa shape index (κ2) is 6.85. The van der Waals surface area contributed by atoms with Crippen molar-refractivity contribution >= 4 is 6.03 Å². The summed E-state index contributed by atoms with van der Waals surface area (Å²) in [5, 5.41) is 3.13. The molecule has 0 aromatic carbocycles. The summed E-state index contributed by atoms with van der Waals surface area (Å²) in [6.45, 7) is 3.38. The molecule has 0 bridgehead atoms. The van der Waals surface area contributed by atoms with Crippen LogP contribution in [0.25, 0.3) is 0 Å². The Labute approximate surface area is 123 Å². The van der Waals surface area contributed by atoms with Crippen LogP contribution >= 0.6 is 0 Å². The van der Waals surface area contributed by atoms with Crippen LogP contribution in [0, 0.1) is 5.92 Å². The van der Waals surface area contributed by atoms with Crippen molar-refractivity contribution in [3.63, 3.8) is 0 Å². The van der Waals surface area contributed by atoms with E-state index in [-0.39, 0.29) is 6.04 Å². The van der Waals surface area contributed by atoms with Crippen molar-refractivity contribution in [2.45, 2.75) is 44.8 Å². The van der Waals surface area contributed by atoms with E-state index in [0.717, 1.165) is 17.7 Å². The third-order valence-corrected chi connectivity index (χ3v) is 4.27. The summed E-state index contributed by atoms with van der Waals surface area (Å²) in [6.07, 6.45) is -1.26. The maximum atomic E-state index is 12.8. The molecule has 0 spiro atoms. The van der Waals surface area contributed by atoms with E-state index in [0.29, 0.717) is 44.9 Å². The van der Waals surface area contributed by atoms with Gasteiger partial charge in [0.05, 0.1) is 0 Å². The third-order valence-electron chi connectivity index (χ3n) is 4.27. The van der Waals surface area contributed by atoms with Gasteiger partial charge in [0.2, 0.25) is 0 Å². The van der Waals surface area contributed by atoms with Gasteiger partial charge < -0.3 is 15.1 Å². The van der Waals surface area contributed by atoms with Crippen molar-refractivity contribution in [1.82, 2.24) is 15.1 Å². The van der Waals surface area contributed by atoms with Crippen molar-refractivity contribution in [1.29, 1.82) is 0 Å². The highest BCUT2D eigenvalue weighted by molar-refractivity contribution is 5.75. The normalized spacial score (nSPS) is 25.0. The molecule has 2 aliphatic heterocycles. The van der Waals surface area contributed by atoms with Crippen LogP contribution in [0.3, 0.4) is 0 Å². The molecule has 0 saturated carbocycles. The smallest absolute Gasteiger partial charge is 0.324 e. The highest BCUT2D eigenvalue weighted by atomic mass is 19.4. The summed E-state index contributed by atoms with van der Waals surface area (Å²) < 4.78 is 38.5. The number of hydrogen-bond acceptors (Lipinski definition) is 2. The molecule has 0 radical (unpaired) electrons. The number of hydrogen-bond donors (Lipinski definition) is 1. The molecule has 0 aliphatic carbocycles. The molecular formula is C14H24F3N3O. The number of alkyl halides is 3. The summed E-state index contributed by atoms with van der Waals surface area (Å²) in [6, 6.07) is -0.747. The Morgan fingerprint density at radius 2 is 1.95 bits per heavy atom. The SMILES string of the molecule is CC1CCCN(C(=O)N(CC(F)(F)F)C2CCNCC2)C1. The molecule has 7 heteroatoms. The van der Waals surface area contributed by atoms with E-state index in [4.69, 9.17) is 0 Å². The number of amides is 2. The quantitative estimate of drug-likeness (QED) is 0.850. The minimum atomic E-state index is -4.35. The van der Waals surface area contributed by atoms with Crippen LogP contribution < -0.4 is 5.32 Å². The molecule has 0 aromatic heterocycles. The largest absolute Gasteiger partial charge is 0.406 e. The van der Waals surface area contributed by atoms with E-state index in [1.807, 2.05) is 6.92 Å². The predicted molar refractivity (Wildman–Crippen MR) is 74.0 cm³/mol.